The predicted octanol–water partition coefficient (Wildman–Crippen LogP) is 3.30. The summed E-state index contributed by atoms with van der Waals surface area (Å²) in [5, 5.41) is 13.5. The number of H-pyrrole nitrogens is 1. The quantitative estimate of drug-likeness (QED) is 0.441. The number of ether oxygens (including phenoxy) is 2. The first-order chi connectivity index (χ1) is 14.7. The second-order valence-corrected chi connectivity index (χ2v) is 6.19. The summed E-state index contributed by atoms with van der Waals surface area (Å²) in [4.78, 5) is 19.2. The number of rotatable bonds is 8. The molecule has 152 valence electrons. The van der Waals surface area contributed by atoms with E-state index in [2.05, 4.69) is 20.5 Å². The van der Waals surface area contributed by atoms with E-state index in [9.17, 15) is 10.1 Å². The van der Waals surface area contributed by atoms with Gasteiger partial charge in [0.1, 0.15) is 17.4 Å². The monoisotopic (exact) mass is 403 g/mol. The van der Waals surface area contributed by atoms with Gasteiger partial charge in [-0.2, -0.15) is 10.4 Å². The smallest absolute Gasteiger partial charge is 0.270 e. The van der Waals surface area contributed by atoms with E-state index in [1.807, 2.05) is 49.4 Å². The Hall–Kier alpha value is -3.96. The number of hydrogen-bond donors (Lipinski definition) is 2. The van der Waals surface area contributed by atoms with Gasteiger partial charge in [0.25, 0.3) is 5.56 Å². The van der Waals surface area contributed by atoms with Crippen molar-refractivity contribution >= 4 is 12.2 Å². The molecular formula is C22H21N5O3. The number of anilines is 1. The molecule has 0 bridgehead atoms. The molecular weight excluding hydrogens is 382 g/mol. The summed E-state index contributed by atoms with van der Waals surface area (Å²) < 4.78 is 10.8. The lowest BCUT2D eigenvalue weighted by Gasteiger charge is -2.09. The van der Waals surface area contributed by atoms with Gasteiger partial charge < -0.3 is 9.47 Å². The first-order valence-corrected chi connectivity index (χ1v) is 9.29. The molecule has 30 heavy (non-hydrogen) atoms. The minimum absolute atomic E-state index is 0.0496. The highest BCUT2D eigenvalue weighted by molar-refractivity contribution is 5.81. The second-order valence-electron chi connectivity index (χ2n) is 6.19. The van der Waals surface area contributed by atoms with E-state index in [4.69, 9.17) is 9.47 Å². The summed E-state index contributed by atoms with van der Waals surface area (Å²) >= 11 is 0. The molecule has 2 aromatic carbocycles. The zero-order valence-electron chi connectivity index (χ0n) is 16.7. The molecule has 0 aliphatic heterocycles. The molecule has 1 aromatic heterocycles. The van der Waals surface area contributed by atoms with Crippen molar-refractivity contribution in [3.8, 4) is 23.1 Å². The Morgan fingerprint density at radius 3 is 2.77 bits per heavy atom. The molecule has 0 unspecified atom stereocenters. The van der Waals surface area contributed by atoms with Crippen molar-refractivity contribution in [2.45, 2.75) is 13.5 Å². The van der Waals surface area contributed by atoms with Crippen LogP contribution in [-0.4, -0.2) is 29.9 Å². The van der Waals surface area contributed by atoms with Crippen molar-refractivity contribution < 1.29 is 9.47 Å². The van der Waals surface area contributed by atoms with Gasteiger partial charge in [-0.1, -0.05) is 30.3 Å². The largest absolute Gasteiger partial charge is 0.496 e. The number of hydrazone groups is 1. The van der Waals surface area contributed by atoms with Crippen LogP contribution in [0, 0.1) is 11.3 Å². The Morgan fingerprint density at radius 1 is 1.27 bits per heavy atom. The van der Waals surface area contributed by atoms with Crippen LogP contribution in [0.15, 0.2) is 58.4 Å². The summed E-state index contributed by atoms with van der Waals surface area (Å²) in [6, 6.07) is 16.5. The number of benzene rings is 2. The van der Waals surface area contributed by atoms with E-state index >= 15 is 0 Å². The topological polar surface area (TPSA) is 112 Å². The van der Waals surface area contributed by atoms with E-state index < -0.39 is 5.56 Å². The van der Waals surface area contributed by atoms with Crippen molar-refractivity contribution in [2.24, 2.45) is 5.10 Å². The molecule has 8 heteroatoms. The standard InChI is InChI=1S/C22H21N5O3/c1-3-30-14-17-11-15(9-10-19(17)29-2)13-24-27-22-25-20(16-7-5-4-6-8-16)18(12-23)21(28)26-22/h4-11,13H,3,14H2,1-2H3,(H2,25,26,27,28). The van der Waals surface area contributed by atoms with Gasteiger partial charge in [0.15, 0.2) is 0 Å². The third kappa shape index (κ3) is 4.90. The third-order valence-corrected chi connectivity index (χ3v) is 4.23. The first kappa shape index (κ1) is 20.8. The molecule has 3 aromatic rings. The van der Waals surface area contributed by atoms with Crippen molar-refractivity contribution in [3.05, 3.63) is 75.6 Å². The van der Waals surface area contributed by atoms with Gasteiger partial charge in [0.2, 0.25) is 5.95 Å². The molecule has 0 radical (unpaired) electrons. The molecule has 0 aliphatic rings. The van der Waals surface area contributed by atoms with E-state index in [0.29, 0.717) is 24.5 Å². The van der Waals surface area contributed by atoms with Crippen LogP contribution in [0.1, 0.15) is 23.6 Å². The number of aromatic nitrogens is 2. The van der Waals surface area contributed by atoms with Crippen molar-refractivity contribution in [1.82, 2.24) is 9.97 Å². The minimum atomic E-state index is -0.535. The van der Waals surface area contributed by atoms with Crippen LogP contribution >= 0.6 is 0 Å². The average molecular weight is 403 g/mol. The lowest BCUT2D eigenvalue weighted by atomic mass is 10.1. The molecule has 0 atom stereocenters. The highest BCUT2D eigenvalue weighted by Gasteiger charge is 2.12. The summed E-state index contributed by atoms with van der Waals surface area (Å²) in [6.45, 7) is 2.96. The Kier molecular flexibility index (Phi) is 6.92. The lowest BCUT2D eigenvalue weighted by Crippen LogP contribution is -2.16. The minimum Gasteiger partial charge on any atom is -0.496 e. The van der Waals surface area contributed by atoms with Crippen LogP contribution in [0.25, 0.3) is 11.3 Å². The molecule has 0 saturated carbocycles. The summed E-state index contributed by atoms with van der Waals surface area (Å²) in [6.07, 6.45) is 1.59. The van der Waals surface area contributed by atoms with Gasteiger partial charge >= 0.3 is 0 Å². The average Bonchev–Trinajstić information content (AvgIpc) is 2.78. The van der Waals surface area contributed by atoms with Gasteiger partial charge in [-0.3, -0.25) is 9.78 Å². The van der Waals surface area contributed by atoms with Crippen LogP contribution in [-0.2, 0) is 11.3 Å². The third-order valence-electron chi connectivity index (χ3n) is 4.23. The van der Waals surface area contributed by atoms with Gasteiger partial charge in [0, 0.05) is 17.7 Å². The van der Waals surface area contributed by atoms with Gasteiger partial charge in [0.05, 0.1) is 25.6 Å². The van der Waals surface area contributed by atoms with Crippen molar-refractivity contribution in [3.63, 3.8) is 0 Å². The summed E-state index contributed by atoms with van der Waals surface area (Å²) in [5.74, 6) is 0.872. The molecule has 0 saturated heterocycles. The first-order valence-electron chi connectivity index (χ1n) is 9.29. The fraction of sp³-hybridized carbons (Fsp3) is 0.182. The Morgan fingerprint density at radius 2 is 2.07 bits per heavy atom. The Balaban J connectivity index is 1.84. The normalized spacial score (nSPS) is 10.7. The fourth-order valence-corrected chi connectivity index (χ4v) is 2.81. The number of aromatic amines is 1. The molecule has 0 fully saturated rings. The molecule has 0 amide bonds. The number of hydrogen-bond acceptors (Lipinski definition) is 7. The van der Waals surface area contributed by atoms with Gasteiger partial charge in [-0.15, -0.1) is 0 Å². The SMILES string of the molecule is CCOCc1cc(C=NNc2nc(-c3ccccc3)c(C#N)c(=O)[nH]2)ccc1OC. The fourth-order valence-electron chi connectivity index (χ4n) is 2.81. The highest BCUT2D eigenvalue weighted by atomic mass is 16.5. The Bertz CT molecular complexity index is 1130. The van der Waals surface area contributed by atoms with E-state index in [1.165, 1.54) is 0 Å². The van der Waals surface area contributed by atoms with E-state index in [1.54, 1.807) is 25.5 Å². The summed E-state index contributed by atoms with van der Waals surface area (Å²) in [7, 11) is 1.61. The molecule has 0 spiro atoms. The number of nitriles is 1. The maximum Gasteiger partial charge on any atom is 0.270 e. The van der Waals surface area contributed by atoms with Gasteiger partial charge in [-0.05, 0) is 30.7 Å². The van der Waals surface area contributed by atoms with Crippen LogP contribution in [0.2, 0.25) is 0 Å². The molecule has 2 N–H and O–H groups in total. The van der Waals surface area contributed by atoms with Crippen LogP contribution < -0.4 is 15.7 Å². The predicted molar refractivity (Wildman–Crippen MR) is 115 cm³/mol. The van der Waals surface area contributed by atoms with E-state index in [-0.39, 0.29) is 11.5 Å². The number of methoxy groups -OCH3 is 1. The van der Waals surface area contributed by atoms with Gasteiger partial charge in [-0.25, -0.2) is 10.4 Å². The van der Waals surface area contributed by atoms with Crippen LogP contribution in [0.3, 0.4) is 0 Å². The maximum absolute atomic E-state index is 12.3. The zero-order valence-corrected chi connectivity index (χ0v) is 16.7. The second kappa shape index (κ2) is 10.0. The maximum atomic E-state index is 12.3. The lowest BCUT2D eigenvalue weighted by molar-refractivity contribution is 0.132. The molecule has 3 rings (SSSR count). The Labute approximate surface area is 173 Å². The molecule has 0 aliphatic carbocycles. The van der Waals surface area contributed by atoms with Crippen molar-refractivity contribution in [2.75, 3.05) is 19.1 Å². The van der Waals surface area contributed by atoms with E-state index in [0.717, 1.165) is 16.9 Å². The van der Waals surface area contributed by atoms with Crippen LogP contribution in [0.4, 0.5) is 5.95 Å². The molecule has 1 heterocycles. The summed E-state index contributed by atoms with van der Waals surface area (Å²) in [5.41, 5.74) is 4.82. The number of nitrogens with zero attached hydrogens (tertiary/aromatic N) is 3. The molecule has 8 nitrogen and oxygen atoms in total. The van der Waals surface area contributed by atoms with Crippen LogP contribution in [0.5, 0.6) is 5.75 Å². The van der Waals surface area contributed by atoms with Crippen molar-refractivity contribution in [1.29, 1.82) is 5.26 Å². The zero-order chi connectivity index (χ0) is 21.3. The highest BCUT2D eigenvalue weighted by Crippen LogP contribution is 2.21. The number of nitrogens with one attached hydrogen (secondary N) is 2.